The lowest BCUT2D eigenvalue weighted by molar-refractivity contribution is -0.870. The number of ether oxygens (including phenoxy) is 1. The summed E-state index contributed by atoms with van der Waals surface area (Å²) in [7, 11) is 6.41. The van der Waals surface area contributed by atoms with E-state index in [9.17, 15) is 0 Å². The van der Waals surface area contributed by atoms with Crippen molar-refractivity contribution in [2.45, 2.75) is 0 Å². The topological polar surface area (TPSA) is 9.23 Å². The zero-order valence-corrected chi connectivity index (χ0v) is 10.2. The molecule has 0 aromatic carbocycles. The minimum atomic E-state index is 0.707. The maximum Gasteiger partial charge on any atom is 0.169 e. The molecular weight excluding hydrogens is 273 g/mol. The summed E-state index contributed by atoms with van der Waals surface area (Å²) >= 11 is 7.11. The Morgan fingerprint density at radius 1 is 1.45 bits per heavy atom. The number of hydrogen-bond donors (Lipinski definition) is 0. The van der Waals surface area contributed by atoms with Crippen molar-refractivity contribution in [3.05, 3.63) is 0 Å². The Bertz CT molecular complexity index is 133. The number of likely N-dealkylation sites (N-methyl/N-ethyl adjacent to an activating group) is 1. The quantitative estimate of drug-likeness (QED) is 0.335. The summed E-state index contributed by atoms with van der Waals surface area (Å²) in [5.41, 5.74) is 0. The van der Waals surface area contributed by atoms with Crippen molar-refractivity contribution in [3.63, 3.8) is 0 Å². The highest BCUT2D eigenvalue weighted by molar-refractivity contribution is 14.1. The molecule has 0 aliphatic rings. The predicted molar refractivity (Wildman–Crippen MR) is 60.3 cm³/mol. The van der Waals surface area contributed by atoms with E-state index < -0.39 is 0 Å². The molecule has 0 aromatic heterocycles. The van der Waals surface area contributed by atoms with Crippen molar-refractivity contribution >= 4 is 39.9 Å². The fourth-order valence-corrected chi connectivity index (χ4v) is 0.775. The normalized spacial score (nSPS) is 11.3. The number of nitrogens with zero attached hydrogens (tertiary/aromatic N) is 1. The third-order valence-corrected chi connectivity index (χ3v) is 2.61. The molecule has 0 aliphatic heterocycles. The molecule has 0 rings (SSSR count). The van der Waals surface area contributed by atoms with Crippen molar-refractivity contribution in [2.75, 3.05) is 38.7 Å². The molecule has 0 aliphatic carbocycles. The molecule has 66 valence electrons. The van der Waals surface area contributed by atoms with E-state index in [1.165, 1.54) is 0 Å². The van der Waals surface area contributed by atoms with Crippen LogP contribution in [0, 0.1) is 0 Å². The fourth-order valence-electron chi connectivity index (χ4n) is 0.472. The van der Waals surface area contributed by atoms with Crippen molar-refractivity contribution in [1.82, 2.24) is 0 Å². The van der Waals surface area contributed by atoms with Gasteiger partial charge < -0.3 is 9.22 Å². The summed E-state index contributed by atoms with van der Waals surface area (Å²) < 4.78 is 7.01. The van der Waals surface area contributed by atoms with Gasteiger partial charge in [-0.2, -0.15) is 0 Å². The Morgan fingerprint density at radius 2 is 2.00 bits per heavy atom. The van der Waals surface area contributed by atoms with E-state index in [0.717, 1.165) is 22.1 Å². The maximum absolute atomic E-state index is 5.28. The Labute approximate surface area is 87.6 Å². The predicted octanol–water partition coefficient (Wildman–Crippen LogP) is 1.47. The first-order valence-electron chi connectivity index (χ1n) is 3.48. The first kappa shape index (κ1) is 11.6. The average molecular weight is 288 g/mol. The zero-order chi connectivity index (χ0) is 8.91. The molecule has 11 heavy (non-hydrogen) atoms. The SMILES string of the molecule is C[N+](C)(C)CCOC(=S)CI. The summed E-state index contributed by atoms with van der Waals surface area (Å²) in [6.07, 6.45) is 0. The van der Waals surface area contributed by atoms with Gasteiger partial charge in [-0.3, -0.25) is 0 Å². The smallest absolute Gasteiger partial charge is 0.169 e. The molecule has 0 atom stereocenters. The van der Waals surface area contributed by atoms with E-state index in [1.807, 2.05) is 0 Å². The number of halogens is 1. The Balaban J connectivity index is 3.35. The van der Waals surface area contributed by atoms with Crippen molar-refractivity contribution in [3.8, 4) is 0 Å². The van der Waals surface area contributed by atoms with Crippen molar-refractivity contribution in [1.29, 1.82) is 0 Å². The lowest BCUT2D eigenvalue weighted by Gasteiger charge is -2.23. The lowest BCUT2D eigenvalue weighted by atomic mass is 10.5. The average Bonchev–Trinajstić information content (AvgIpc) is 1.85. The van der Waals surface area contributed by atoms with Crippen LogP contribution in [0.1, 0.15) is 0 Å². The van der Waals surface area contributed by atoms with E-state index in [-0.39, 0.29) is 0 Å². The summed E-state index contributed by atoms with van der Waals surface area (Å²) in [6.45, 7) is 1.72. The zero-order valence-electron chi connectivity index (χ0n) is 7.26. The molecule has 0 spiro atoms. The molecule has 0 bridgehead atoms. The molecule has 0 saturated heterocycles. The molecular formula is C7H15INOS+. The van der Waals surface area contributed by atoms with Crippen LogP contribution in [0.4, 0.5) is 0 Å². The van der Waals surface area contributed by atoms with Crippen LogP contribution in [0.15, 0.2) is 0 Å². The van der Waals surface area contributed by atoms with Gasteiger partial charge >= 0.3 is 0 Å². The fraction of sp³-hybridized carbons (Fsp3) is 0.857. The molecule has 0 radical (unpaired) electrons. The van der Waals surface area contributed by atoms with E-state index in [4.69, 9.17) is 17.0 Å². The van der Waals surface area contributed by atoms with Gasteiger partial charge in [-0.25, -0.2) is 0 Å². The van der Waals surface area contributed by atoms with E-state index in [2.05, 4.69) is 43.7 Å². The summed E-state index contributed by atoms with van der Waals surface area (Å²) in [4.78, 5) is 0. The number of rotatable bonds is 4. The minimum Gasteiger partial charge on any atom is -0.480 e. The van der Waals surface area contributed by atoms with Crippen molar-refractivity contribution < 1.29 is 9.22 Å². The molecule has 0 heterocycles. The summed E-state index contributed by atoms with van der Waals surface area (Å²) in [5.74, 6) is 0. The second-order valence-electron chi connectivity index (χ2n) is 3.37. The molecule has 0 N–H and O–H groups in total. The first-order chi connectivity index (χ1) is 4.95. The second-order valence-corrected chi connectivity index (χ2v) is 4.59. The van der Waals surface area contributed by atoms with Gasteiger partial charge in [0, 0.05) is 0 Å². The first-order valence-corrected chi connectivity index (χ1v) is 5.41. The number of quaternary nitrogens is 1. The van der Waals surface area contributed by atoms with E-state index >= 15 is 0 Å². The van der Waals surface area contributed by atoms with Gasteiger partial charge in [-0.05, 0) is 12.2 Å². The highest BCUT2D eigenvalue weighted by atomic mass is 127. The van der Waals surface area contributed by atoms with Crippen LogP contribution in [0.5, 0.6) is 0 Å². The van der Waals surface area contributed by atoms with Crippen LogP contribution >= 0.6 is 34.8 Å². The monoisotopic (exact) mass is 288 g/mol. The molecule has 0 amide bonds. The Kier molecular flexibility index (Phi) is 5.54. The highest BCUT2D eigenvalue weighted by Crippen LogP contribution is 1.93. The highest BCUT2D eigenvalue weighted by Gasteiger charge is 2.06. The summed E-state index contributed by atoms with van der Waals surface area (Å²) in [5, 5.41) is 0.707. The van der Waals surface area contributed by atoms with Crippen LogP contribution in [0.25, 0.3) is 0 Å². The van der Waals surface area contributed by atoms with Gasteiger partial charge in [-0.1, -0.05) is 22.6 Å². The maximum atomic E-state index is 5.28. The molecule has 2 nitrogen and oxygen atoms in total. The molecule has 0 fully saturated rings. The second kappa shape index (κ2) is 5.27. The van der Waals surface area contributed by atoms with Crippen molar-refractivity contribution in [2.24, 2.45) is 0 Å². The summed E-state index contributed by atoms with van der Waals surface area (Å²) in [6, 6.07) is 0. The van der Waals surface area contributed by atoms with Crippen LogP contribution in [-0.2, 0) is 4.74 Å². The Morgan fingerprint density at radius 3 is 2.36 bits per heavy atom. The van der Waals surface area contributed by atoms with Crippen LogP contribution < -0.4 is 0 Å². The standard InChI is InChI=1S/C7H15INOS/c1-9(2,3)4-5-10-7(11)6-8/h4-6H2,1-3H3/q+1. The third kappa shape index (κ3) is 8.49. The number of alkyl halides is 1. The molecule has 4 heteroatoms. The van der Waals surface area contributed by atoms with Gasteiger partial charge in [0.05, 0.1) is 25.6 Å². The Hall–Kier alpha value is 0.580. The van der Waals surface area contributed by atoms with Gasteiger partial charge in [0.1, 0.15) is 13.2 Å². The largest absolute Gasteiger partial charge is 0.480 e. The minimum absolute atomic E-state index is 0.707. The third-order valence-electron chi connectivity index (χ3n) is 1.13. The van der Waals surface area contributed by atoms with E-state index in [1.54, 1.807) is 0 Å². The van der Waals surface area contributed by atoms with Crippen LogP contribution in [0.2, 0.25) is 0 Å². The van der Waals surface area contributed by atoms with E-state index in [0.29, 0.717) is 5.05 Å². The van der Waals surface area contributed by atoms with Gasteiger partial charge in [-0.15, -0.1) is 0 Å². The lowest BCUT2D eigenvalue weighted by Crippen LogP contribution is -2.37. The number of hydrogen-bond acceptors (Lipinski definition) is 2. The molecule has 0 saturated carbocycles. The van der Waals surface area contributed by atoms with Gasteiger partial charge in [0.2, 0.25) is 0 Å². The van der Waals surface area contributed by atoms with Gasteiger partial charge in [0.15, 0.2) is 5.05 Å². The van der Waals surface area contributed by atoms with Crippen LogP contribution in [-0.4, -0.2) is 48.3 Å². The van der Waals surface area contributed by atoms with Gasteiger partial charge in [0.25, 0.3) is 0 Å². The molecule has 0 aromatic rings. The van der Waals surface area contributed by atoms with Crippen LogP contribution in [0.3, 0.4) is 0 Å². The number of thiocarbonyl (C=S) groups is 1. The molecule has 0 unspecified atom stereocenters.